The summed E-state index contributed by atoms with van der Waals surface area (Å²) in [4.78, 5) is 24.8. The highest BCUT2D eigenvalue weighted by Gasteiger charge is 2.36. The molecule has 0 N–H and O–H groups in total. The molecule has 4 rings (SSSR count). The SMILES string of the molecule is CCOC(=O)C1CCC(c2c(C)ccc3cnn(C4CCCCO4)c23)CC1=O. The van der Waals surface area contributed by atoms with E-state index in [1.165, 1.54) is 5.56 Å². The second-order valence-electron chi connectivity index (χ2n) is 7.89. The number of nitrogens with zero attached hydrogens (tertiary/aromatic N) is 2. The van der Waals surface area contributed by atoms with Crippen molar-refractivity contribution in [1.82, 2.24) is 9.78 Å². The topological polar surface area (TPSA) is 70.4 Å². The van der Waals surface area contributed by atoms with Gasteiger partial charge in [0, 0.05) is 18.4 Å². The van der Waals surface area contributed by atoms with E-state index >= 15 is 0 Å². The zero-order valence-electron chi connectivity index (χ0n) is 16.6. The highest BCUT2D eigenvalue weighted by molar-refractivity contribution is 6.00. The number of ketones is 1. The zero-order chi connectivity index (χ0) is 19.7. The quantitative estimate of drug-likeness (QED) is 0.587. The van der Waals surface area contributed by atoms with Gasteiger partial charge in [-0.2, -0.15) is 5.10 Å². The van der Waals surface area contributed by atoms with Crippen molar-refractivity contribution in [2.75, 3.05) is 13.2 Å². The Morgan fingerprint density at radius 1 is 1.29 bits per heavy atom. The van der Waals surface area contributed by atoms with Gasteiger partial charge in [0.25, 0.3) is 0 Å². The second kappa shape index (κ2) is 8.03. The molecule has 0 radical (unpaired) electrons. The molecule has 2 heterocycles. The fraction of sp³-hybridized carbons (Fsp3) is 0.591. The van der Waals surface area contributed by atoms with E-state index < -0.39 is 5.92 Å². The Labute approximate surface area is 165 Å². The number of fused-ring (bicyclic) bond motifs is 1. The normalized spacial score (nSPS) is 25.8. The van der Waals surface area contributed by atoms with E-state index in [1.54, 1.807) is 6.92 Å². The predicted octanol–water partition coefficient (Wildman–Crippen LogP) is 4.06. The molecule has 3 atom stereocenters. The molecule has 1 saturated heterocycles. The van der Waals surface area contributed by atoms with Gasteiger partial charge in [0.15, 0.2) is 6.23 Å². The smallest absolute Gasteiger partial charge is 0.316 e. The van der Waals surface area contributed by atoms with E-state index in [9.17, 15) is 9.59 Å². The lowest BCUT2D eigenvalue weighted by Gasteiger charge is -2.29. The number of Topliss-reactive ketones (excluding diaryl/α,β-unsaturated/α-hetero) is 1. The Balaban J connectivity index is 1.67. The Hall–Kier alpha value is -2.21. The van der Waals surface area contributed by atoms with Gasteiger partial charge in [-0.15, -0.1) is 0 Å². The van der Waals surface area contributed by atoms with Crippen LogP contribution in [-0.4, -0.2) is 34.7 Å². The lowest BCUT2D eigenvalue weighted by molar-refractivity contribution is -0.152. The first-order chi connectivity index (χ1) is 13.6. The van der Waals surface area contributed by atoms with Gasteiger partial charge in [-0.05, 0) is 63.0 Å². The number of benzene rings is 1. The van der Waals surface area contributed by atoms with Crippen molar-refractivity contribution in [1.29, 1.82) is 0 Å². The third kappa shape index (κ3) is 3.46. The average molecular weight is 384 g/mol. The first-order valence-corrected chi connectivity index (χ1v) is 10.4. The number of hydrogen-bond donors (Lipinski definition) is 0. The molecule has 6 heteroatoms. The van der Waals surface area contributed by atoms with Crippen LogP contribution in [0.2, 0.25) is 0 Å². The minimum absolute atomic E-state index is 0.00825. The summed E-state index contributed by atoms with van der Waals surface area (Å²) in [5.74, 6) is -0.893. The van der Waals surface area contributed by atoms with Crippen molar-refractivity contribution in [3.63, 3.8) is 0 Å². The molecule has 0 amide bonds. The monoisotopic (exact) mass is 384 g/mol. The lowest BCUT2D eigenvalue weighted by Crippen LogP contribution is -2.32. The van der Waals surface area contributed by atoms with Crippen LogP contribution in [0, 0.1) is 12.8 Å². The molecule has 0 spiro atoms. The molecule has 1 saturated carbocycles. The van der Waals surface area contributed by atoms with Crippen LogP contribution < -0.4 is 0 Å². The molecule has 1 aromatic carbocycles. The van der Waals surface area contributed by atoms with Gasteiger partial charge in [0.2, 0.25) is 0 Å². The highest BCUT2D eigenvalue weighted by atomic mass is 16.5. The maximum Gasteiger partial charge on any atom is 0.316 e. The Morgan fingerprint density at radius 2 is 2.14 bits per heavy atom. The summed E-state index contributed by atoms with van der Waals surface area (Å²) in [7, 11) is 0. The van der Waals surface area contributed by atoms with Crippen molar-refractivity contribution in [2.45, 2.75) is 64.5 Å². The van der Waals surface area contributed by atoms with Crippen LogP contribution >= 0.6 is 0 Å². The molecule has 2 fully saturated rings. The van der Waals surface area contributed by atoms with Crippen molar-refractivity contribution >= 4 is 22.7 Å². The molecule has 2 aliphatic rings. The lowest BCUT2D eigenvalue weighted by atomic mass is 9.76. The third-order valence-electron chi connectivity index (χ3n) is 6.06. The molecule has 0 bridgehead atoms. The predicted molar refractivity (Wildman–Crippen MR) is 105 cm³/mol. The summed E-state index contributed by atoms with van der Waals surface area (Å²) >= 11 is 0. The van der Waals surface area contributed by atoms with Gasteiger partial charge in [-0.1, -0.05) is 12.1 Å². The number of aromatic nitrogens is 2. The van der Waals surface area contributed by atoms with Crippen LogP contribution in [0.25, 0.3) is 10.9 Å². The Kier molecular flexibility index (Phi) is 5.49. The fourth-order valence-electron chi connectivity index (χ4n) is 4.67. The minimum Gasteiger partial charge on any atom is -0.465 e. The van der Waals surface area contributed by atoms with Crippen LogP contribution in [0.5, 0.6) is 0 Å². The molecule has 2 aromatic rings. The molecular formula is C22H28N2O4. The van der Waals surface area contributed by atoms with Gasteiger partial charge in [-0.3, -0.25) is 9.59 Å². The molecule has 28 heavy (non-hydrogen) atoms. The minimum atomic E-state index is -0.609. The van der Waals surface area contributed by atoms with E-state index in [-0.39, 0.29) is 23.9 Å². The first kappa shape index (κ1) is 19.1. The summed E-state index contributed by atoms with van der Waals surface area (Å²) in [5, 5.41) is 5.71. The van der Waals surface area contributed by atoms with Crippen LogP contribution in [0.4, 0.5) is 0 Å². The number of ether oxygens (including phenoxy) is 2. The number of esters is 1. The number of carbonyl (C=O) groups is 2. The summed E-state index contributed by atoms with van der Waals surface area (Å²) in [6, 6.07) is 4.19. The van der Waals surface area contributed by atoms with Gasteiger partial charge in [0.1, 0.15) is 11.7 Å². The number of hydrogen-bond acceptors (Lipinski definition) is 5. The Morgan fingerprint density at radius 3 is 2.86 bits per heavy atom. The molecule has 1 aliphatic carbocycles. The maximum atomic E-state index is 12.7. The van der Waals surface area contributed by atoms with Crippen molar-refractivity contribution in [3.8, 4) is 0 Å². The Bertz CT molecular complexity index is 882. The average Bonchev–Trinajstić information content (AvgIpc) is 3.12. The molecule has 1 aromatic heterocycles. The van der Waals surface area contributed by atoms with E-state index in [2.05, 4.69) is 24.2 Å². The van der Waals surface area contributed by atoms with Crippen LogP contribution in [0.1, 0.15) is 68.7 Å². The molecule has 1 aliphatic heterocycles. The summed E-state index contributed by atoms with van der Waals surface area (Å²) in [6.45, 7) is 4.93. The largest absolute Gasteiger partial charge is 0.465 e. The van der Waals surface area contributed by atoms with E-state index in [0.29, 0.717) is 19.4 Å². The van der Waals surface area contributed by atoms with Crippen LogP contribution in [0.3, 0.4) is 0 Å². The molecular weight excluding hydrogens is 356 g/mol. The van der Waals surface area contributed by atoms with Crippen molar-refractivity contribution < 1.29 is 19.1 Å². The van der Waals surface area contributed by atoms with Gasteiger partial charge < -0.3 is 9.47 Å². The number of carbonyl (C=O) groups excluding carboxylic acids is 2. The first-order valence-electron chi connectivity index (χ1n) is 10.4. The summed E-state index contributed by atoms with van der Waals surface area (Å²) in [6.07, 6.45) is 6.75. The van der Waals surface area contributed by atoms with E-state index in [1.807, 2.05) is 10.9 Å². The highest BCUT2D eigenvalue weighted by Crippen LogP contribution is 2.40. The number of rotatable bonds is 4. The van der Waals surface area contributed by atoms with Gasteiger partial charge >= 0.3 is 5.97 Å². The summed E-state index contributed by atoms with van der Waals surface area (Å²) < 4.78 is 13.1. The third-order valence-corrected chi connectivity index (χ3v) is 6.06. The zero-order valence-corrected chi connectivity index (χ0v) is 16.6. The van der Waals surface area contributed by atoms with Crippen LogP contribution in [0.15, 0.2) is 18.3 Å². The van der Waals surface area contributed by atoms with Gasteiger partial charge in [-0.25, -0.2) is 4.68 Å². The van der Waals surface area contributed by atoms with Gasteiger partial charge in [0.05, 0.1) is 18.3 Å². The second-order valence-corrected chi connectivity index (χ2v) is 7.89. The van der Waals surface area contributed by atoms with E-state index in [4.69, 9.17) is 9.47 Å². The van der Waals surface area contributed by atoms with Crippen LogP contribution in [-0.2, 0) is 19.1 Å². The van der Waals surface area contributed by atoms with Crippen molar-refractivity contribution in [3.05, 3.63) is 29.5 Å². The summed E-state index contributed by atoms with van der Waals surface area (Å²) in [5.41, 5.74) is 3.43. The molecule has 150 valence electrons. The van der Waals surface area contributed by atoms with Crippen molar-refractivity contribution in [2.24, 2.45) is 5.92 Å². The molecule has 3 unspecified atom stereocenters. The maximum absolute atomic E-state index is 12.7. The standard InChI is InChI=1S/C22H28N2O4/c1-3-27-22(26)17-10-9-15(12-18(17)25)20-14(2)7-8-16-13-23-24(21(16)20)19-6-4-5-11-28-19/h7-8,13,15,17,19H,3-6,9-12H2,1-2H3. The molecule has 6 nitrogen and oxygen atoms in total. The van der Waals surface area contributed by atoms with E-state index in [0.717, 1.165) is 48.8 Å². The fourth-order valence-corrected chi connectivity index (χ4v) is 4.67. The number of aryl methyl sites for hydroxylation is 1.